The highest BCUT2D eigenvalue weighted by atomic mass is 16.1. The third kappa shape index (κ3) is 2.38. The van der Waals surface area contributed by atoms with Crippen molar-refractivity contribution >= 4 is 11.6 Å². The van der Waals surface area contributed by atoms with Crippen LogP contribution in [-0.4, -0.2) is 21.5 Å². The molecule has 0 radical (unpaired) electrons. The molecule has 0 N–H and O–H groups in total. The molecule has 4 heteroatoms. The van der Waals surface area contributed by atoms with Crippen LogP contribution in [0.4, 0.5) is 0 Å². The Labute approximate surface area is 197 Å². The highest BCUT2D eigenvalue weighted by molar-refractivity contribution is 6.10. The van der Waals surface area contributed by atoms with E-state index in [1.165, 1.54) is 0 Å². The van der Waals surface area contributed by atoms with Crippen molar-refractivity contribution in [1.82, 2.24) is 9.97 Å². The van der Waals surface area contributed by atoms with E-state index >= 15 is 0 Å². The van der Waals surface area contributed by atoms with Crippen molar-refractivity contribution in [1.29, 1.82) is 0 Å². The van der Waals surface area contributed by atoms with Gasteiger partial charge in [-0.2, -0.15) is 0 Å². The van der Waals surface area contributed by atoms with Crippen molar-refractivity contribution in [2.45, 2.75) is 24.2 Å². The Hall–Kier alpha value is -3.92. The van der Waals surface area contributed by atoms with E-state index in [-0.39, 0.29) is 35.2 Å². The zero-order chi connectivity index (χ0) is 22.9. The maximum Gasteiger partial charge on any atom is 0.171 e. The lowest BCUT2D eigenvalue weighted by Gasteiger charge is -2.37. The van der Waals surface area contributed by atoms with E-state index in [2.05, 4.69) is 12.1 Å². The molecule has 3 aliphatic carbocycles. The van der Waals surface area contributed by atoms with E-state index < -0.39 is 5.41 Å². The number of carbonyl (C=O) groups excluding carboxylic acids is 2. The van der Waals surface area contributed by atoms with Crippen molar-refractivity contribution in [2.75, 3.05) is 0 Å². The van der Waals surface area contributed by atoms with Gasteiger partial charge in [0.25, 0.3) is 0 Å². The number of benzene rings is 2. The first-order chi connectivity index (χ1) is 16.7. The smallest absolute Gasteiger partial charge is 0.171 e. The van der Waals surface area contributed by atoms with Gasteiger partial charge in [0.05, 0.1) is 5.41 Å². The van der Waals surface area contributed by atoms with Crippen molar-refractivity contribution in [3.8, 4) is 0 Å². The molecule has 1 spiro atoms. The summed E-state index contributed by atoms with van der Waals surface area (Å²) < 4.78 is 0. The van der Waals surface area contributed by atoms with Crippen LogP contribution < -0.4 is 0 Å². The summed E-state index contributed by atoms with van der Waals surface area (Å²) in [6, 6.07) is 27.5. The number of aromatic nitrogens is 2. The van der Waals surface area contributed by atoms with Crippen molar-refractivity contribution in [2.24, 2.45) is 11.3 Å². The molecular weight excluding hydrogens is 420 g/mol. The first kappa shape index (κ1) is 19.5. The molecule has 34 heavy (non-hydrogen) atoms. The van der Waals surface area contributed by atoms with Gasteiger partial charge in [0.1, 0.15) is 0 Å². The molecule has 1 fully saturated rings. The van der Waals surface area contributed by atoms with Gasteiger partial charge in [0, 0.05) is 58.6 Å². The fourth-order valence-corrected chi connectivity index (χ4v) is 7.19. The van der Waals surface area contributed by atoms with Crippen LogP contribution in [0.15, 0.2) is 97.3 Å². The van der Waals surface area contributed by atoms with Crippen LogP contribution in [-0.2, 0) is 6.42 Å². The Balaban J connectivity index is 1.56. The van der Waals surface area contributed by atoms with Gasteiger partial charge in [0.15, 0.2) is 11.6 Å². The molecule has 2 aromatic heterocycles. The zero-order valence-corrected chi connectivity index (χ0v) is 18.5. The van der Waals surface area contributed by atoms with Crippen LogP contribution in [0.5, 0.6) is 0 Å². The van der Waals surface area contributed by atoms with E-state index in [4.69, 9.17) is 9.97 Å². The Bertz CT molecular complexity index is 1450. The maximum atomic E-state index is 14.5. The number of hydrogen-bond acceptors (Lipinski definition) is 4. The Morgan fingerprint density at radius 1 is 0.647 bits per heavy atom. The second-order valence-electron chi connectivity index (χ2n) is 9.67. The van der Waals surface area contributed by atoms with E-state index in [0.29, 0.717) is 6.42 Å². The number of Topliss-reactive ketones (excluding diaryl/α,β-unsaturated/α-hetero) is 2. The number of rotatable bonds is 2. The van der Waals surface area contributed by atoms with Gasteiger partial charge in [-0.1, -0.05) is 60.7 Å². The maximum absolute atomic E-state index is 14.5. The number of nitrogens with zero attached hydrogens (tertiary/aromatic N) is 2. The summed E-state index contributed by atoms with van der Waals surface area (Å²) in [5, 5.41) is 0. The number of carbonyl (C=O) groups is 2. The van der Waals surface area contributed by atoms with Gasteiger partial charge in [-0.05, 0) is 41.8 Å². The predicted octanol–water partition coefficient (Wildman–Crippen LogP) is 5.38. The summed E-state index contributed by atoms with van der Waals surface area (Å²) in [4.78, 5) is 38.0. The summed E-state index contributed by atoms with van der Waals surface area (Å²) in [5.74, 6) is -0.781. The topological polar surface area (TPSA) is 59.9 Å². The highest BCUT2D eigenvalue weighted by Gasteiger charge is 2.70. The quantitative estimate of drug-likeness (QED) is 0.418. The fraction of sp³-hybridized carbons (Fsp3) is 0.200. The Morgan fingerprint density at radius 3 is 1.88 bits per heavy atom. The van der Waals surface area contributed by atoms with Crippen LogP contribution in [0.3, 0.4) is 0 Å². The Kier molecular flexibility index (Phi) is 4.04. The summed E-state index contributed by atoms with van der Waals surface area (Å²) in [6.07, 6.45) is 4.15. The van der Waals surface area contributed by atoms with E-state index in [9.17, 15) is 9.59 Å². The molecule has 0 saturated heterocycles. The molecule has 0 unspecified atom stereocenters. The molecular formula is C30H22N2O2. The van der Waals surface area contributed by atoms with Crippen LogP contribution in [0.1, 0.15) is 61.0 Å². The zero-order valence-electron chi connectivity index (χ0n) is 18.5. The van der Waals surface area contributed by atoms with Crippen molar-refractivity contribution < 1.29 is 9.59 Å². The van der Waals surface area contributed by atoms with Crippen molar-refractivity contribution in [3.63, 3.8) is 0 Å². The second kappa shape index (κ2) is 7.04. The van der Waals surface area contributed by atoms with Gasteiger partial charge < -0.3 is 0 Å². The van der Waals surface area contributed by atoms with Crippen LogP contribution in [0, 0.1) is 11.3 Å². The molecule has 164 valence electrons. The molecule has 7 rings (SSSR count). The SMILES string of the molecule is O=C1c2ccccc2[C@@H]2[C@H]1[C@@H](c1ccccn1)[C@@]1(Cc3ccccc3C1=O)[C@H]2c1ccccn1. The third-order valence-corrected chi connectivity index (χ3v) is 8.28. The summed E-state index contributed by atoms with van der Waals surface area (Å²) >= 11 is 0. The van der Waals surface area contributed by atoms with Crippen LogP contribution >= 0.6 is 0 Å². The van der Waals surface area contributed by atoms with Crippen molar-refractivity contribution in [3.05, 3.63) is 131 Å². The summed E-state index contributed by atoms with van der Waals surface area (Å²) in [6.45, 7) is 0. The Morgan fingerprint density at radius 2 is 1.24 bits per heavy atom. The second-order valence-corrected chi connectivity index (χ2v) is 9.67. The van der Waals surface area contributed by atoms with E-state index in [1.807, 2.05) is 72.8 Å². The van der Waals surface area contributed by atoms with Gasteiger partial charge >= 0.3 is 0 Å². The van der Waals surface area contributed by atoms with Crippen LogP contribution in [0.25, 0.3) is 0 Å². The summed E-state index contributed by atoms with van der Waals surface area (Å²) in [5.41, 5.74) is 4.51. The lowest BCUT2D eigenvalue weighted by atomic mass is 9.64. The van der Waals surface area contributed by atoms with Gasteiger partial charge in [-0.15, -0.1) is 0 Å². The molecule has 0 amide bonds. The molecule has 5 atom stereocenters. The molecule has 4 nitrogen and oxygen atoms in total. The molecule has 3 aliphatic rings. The largest absolute Gasteiger partial charge is 0.294 e. The number of ketones is 2. The first-order valence-electron chi connectivity index (χ1n) is 11.8. The first-order valence-corrected chi connectivity index (χ1v) is 11.8. The summed E-state index contributed by atoms with van der Waals surface area (Å²) in [7, 11) is 0. The lowest BCUT2D eigenvalue weighted by Crippen LogP contribution is -2.39. The minimum absolute atomic E-state index is 0.120. The number of hydrogen-bond donors (Lipinski definition) is 0. The monoisotopic (exact) mass is 442 g/mol. The molecule has 4 aromatic rings. The standard InChI is InChI=1S/C30H22N2O2/c33-28-21-12-4-3-11-20(21)24-25(28)27(23-14-6-8-16-32-23)30(26(24)22-13-5-7-15-31-22)17-18-9-1-2-10-19(18)29(30)34/h1-16,24-27H,17H2/t24-,25+,26+,27-,30-/m1/s1. The molecule has 0 aliphatic heterocycles. The average Bonchev–Trinajstić information content (AvgIpc) is 3.46. The van der Waals surface area contributed by atoms with Crippen LogP contribution in [0.2, 0.25) is 0 Å². The normalized spacial score (nSPS) is 28.7. The lowest BCUT2D eigenvalue weighted by molar-refractivity contribution is 0.0740. The molecule has 0 bridgehead atoms. The average molecular weight is 443 g/mol. The molecule has 2 aromatic carbocycles. The fourth-order valence-electron chi connectivity index (χ4n) is 7.19. The minimum atomic E-state index is -0.815. The van der Waals surface area contributed by atoms with Gasteiger partial charge in [0.2, 0.25) is 0 Å². The molecule has 1 saturated carbocycles. The third-order valence-electron chi connectivity index (χ3n) is 8.28. The van der Waals surface area contributed by atoms with Gasteiger partial charge in [-0.25, -0.2) is 0 Å². The van der Waals surface area contributed by atoms with Gasteiger partial charge in [-0.3, -0.25) is 19.6 Å². The predicted molar refractivity (Wildman–Crippen MR) is 128 cm³/mol. The van der Waals surface area contributed by atoms with E-state index in [0.717, 1.165) is 33.6 Å². The highest BCUT2D eigenvalue weighted by Crippen LogP contribution is 2.71. The number of fused-ring (bicyclic) bond motifs is 4. The van der Waals surface area contributed by atoms with E-state index in [1.54, 1.807) is 12.4 Å². The number of pyridine rings is 2. The molecule has 2 heterocycles. The minimum Gasteiger partial charge on any atom is -0.294 e.